The van der Waals surface area contributed by atoms with Crippen LogP contribution in [0, 0.1) is 0 Å². The van der Waals surface area contributed by atoms with E-state index in [9.17, 15) is 9.59 Å². The summed E-state index contributed by atoms with van der Waals surface area (Å²) in [6.45, 7) is 6.54. The van der Waals surface area contributed by atoms with Gasteiger partial charge < -0.3 is 9.47 Å². The predicted octanol–water partition coefficient (Wildman–Crippen LogP) is 1.87. The molecule has 0 aromatic heterocycles. The van der Waals surface area contributed by atoms with Crippen molar-refractivity contribution < 1.29 is 41.4 Å². The van der Waals surface area contributed by atoms with Gasteiger partial charge in [0.25, 0.3) is 0 Å². The summed E-state index contributed by atoms with van der Waals surface area (Å²) in [7, 11) is 0. The van der Waals surface area contributed by atoms with Crippen molar-refractivity contribution in [3.05, 3.63) is 49.6 Å². The molecule has 4 nitrogen and oxygen atoms in total. The summed E-state index contributed by atoms with van der Waals surface area (Å²) < 4.78 is 9.66. The standard InChI is InChI=1S/C12H10O4.Ag/c1-3-11(13)15-9-5-7-10(8-6-9)16-12(14)4-2;/h3-8H,1-2H2;. The zero-order valence-electron chi connectivity index (χ0n) is 8.81. The molecule has 5 heteroatoms. The maximum Gasteiger partial charge on any atom is 0.335 e. The first-order valence-electron chi connectivity index (χ1n) is 4.44. The molecule has 1 aromatic rings. The van der Waals surface area contributed by atoms with Crippen molar-refractivity contribution in [2.75, 3.05) is 0 Å². The largest absolute Gasteiger partial charge is 0.423 e. The molecule has 0 bridgehead atoms. The molecule has 0 unspecified atom stereocenters. The number of esters is 2. The molecule has 1 radical (unpaired) electrons. The van der Waals surface area contributed by atoms with Crippen LogP contribution in [0.2, 0.25) is 0 Å². The van der Waals surface area contributed by atoms with Crippen molar-refractivity contribution in [1.82, 2.24) is 0 Å². The fraction of sp³-hybridized carbons (Fsp3) is 0. The van der Waals surface area contributed by atoms with Crippen molar-refractivity contribution in [3.63, 3.8) is 0 Å². The van der Waals surface area contributed by atoms with Gasteiger partial charge in [-0.1, -0.05) is 13.2 Å². The Kier molecular flexibility index (Phi) is 6.89. The second kappa shape index (κ2) is 7.62. The van der Waals surface area contributed by atoms with Gasteiger partial charge in [0.2, 0.25) is 0 Å². The topological polar surface area (TPSA) is 52.6 Å². The van der Waals surface area contributed by atoms with Gasteiger partial charge in [0.15, 0.2) is 0 Å². The van der Waals surface area contributed by atoms with Crippen LogP contribution >= 0.6 is 0 Å². The van der Waals surface area contributed by atoms with Gasteiger partial charge in [0.1, 0.15) is 11.5 Å². The quantitative estimate of drug-likeness (QED) is 0.367. The van der Waals surface area contributed by atoms with Crippen LogP contribution in [0.5, 0.6) is 11.5 Å². The van der Waals surface area contributed by atoms with Gasteiger partial charge in [-0.15, -0.1) is 0 Å². The minimum Gasteiger partial charge on any atom is -0.423 e. The molecule has 0 aliphatic rings. The van der Waals surface area contributed by atoms with E-state index in [-0.39, 0.29) is 22.4 Å². The number of rotatable bonds is 4. The van der Waals surface area contributed by atoms with Gasteiger partial charge in [-0.25, -0.2) is 9.59 Å². The molecule has 1 rings (SSSR count). The van der Waals surface area contributed by atoms with Crippen LogP contribution in [0.1, 0.15) is 0 Å². The first-order chi connectivity index (χ1) is 7.65. The van der Waals surface area contributed by atoms with Crippen molar-refractivity contribution in [2.24, 2.45) is 0 Å². The molecule has 0 spiro atoms. The van der Waals surface area contributed by atoms with Crippen LogP contribution in [0.3, 0.4) is 0 Å². The Hall–Kier alpha value is -1.62. The van der Waals surface area contributed by atoms with E-state index in [0.29, 0.717) is 11.5 Å². The molecule has 0 atom stereocenters. The summed E-state index contributed by atoms with van der Waals surface area (Å²) in [5, 5.41) is 0. The molecular weight excluding hydrogens is 316 g/mol. The summed E-state index contributed by atoms with van der Waals surface area (Å²) in [4.78, 5) is 21.7. The Balaban J connectivity index is 0.00000256. The van der Waals surface area contributed by atoms with E-state index in [0.717, 1.165) is 12.2 Å². The Morgan fingerprint density at radius 2 is 1.18 bits per heavy atom. The van der Waals surface area contributed by atoms with Crippen molar-refractivity contribution in [3.8, 4) is 11.5 Å². The molecule has 0 saturated heterocycles. The zero-order valence-corrected chi connectivity index (χ0v) is 10.3. The maximum absolute atomic E-state index is 10.9. The van der Waals surface area contributed by atoms with Crippen LogP contribution in [0.15, 0.2) is 49.6 Å². The van der Waals surface area contributed by atoms with Crippen molar-refractivity contribution in [1.29, 1.82) is 0 Å². The van der Waals surface area contributed by atoms with Gasteiger partial charge in [-0.2, -0.15) is 0 Å². The number of ether oxygens (including phenoxy) is 2. The molecule has 0 heterocycles. The molecule has 1 aromatic carbocycles. The molecular formula is C12H10AgO4. The van der Waals surface area contributed by atoms with Gasteiger partial charge in [-0.05, 0) is 24.3 Å². The van der Waals surface area contributed by atoms with Crippen LogP contribution in [-0.2, 0) is 32.0 Å². The van der Waals surface area contributed by atoms with Crippen molar-refractivity contribution >= 4 is 11.9 Å². The number of hydrogen-bond donors (Lipinski definition) is 0. The monoisotopic (exact) mass is 325 g/mol. The third kappa shape index (κ3) is 5.31. The summed E-state index contributed by atoms with van der Waals surface area (Å²) in [5.41, 5.74) is 0. The number of carbonyl (C=O) groups excluding carboxylic acids is 2. The van der Waals surface area contributed by atoms with E-state index >= 15 is 0 Å². The van der Waals surface area contributed by atoms with Crippen LogP contribution in [-0.4, -0.2) is 11.9 Å². The zero-order chi connectivity index (χ0) is 12.0. The third-order valence-electron chi connectivity index (χ3n) is 1.59. The molecule has 17 heavy (non-hydrogen) atoms. The van der Waals surface area contributed by atoms with E-state index < -0.39 is 11.9 Å². The second-order valence-corrected chi connectivity index (χ2v) is 2.72. The van der Waals surface area contributed by atoms with Gasteiger partial charge in [-0.3, -0.25) is 0 Å². The molecule has 0 fully saturated rings. The van der Waals surface area contributed by atoms with E-state index in [1.54, 1.807) is 0 Å². The molecule has 0 saturated carbocycles. The molecule has 0 N–H and O–H groups in total. The Labute approximate surface area is 114 Å². The Bertz CT molecular complexity index is 382. The first kappa shape index (κ1) is 15.4. The number of hydrogen-bond acceptors (Lipinski definition) is 4. The molecule has 0 amide bonds. The smallest absolute Gasteiger partial charge is 0.335 e. The van der Waals surface area contributed by atoms with E-state index in [2.05, 4.69) is 13.2 Å². The van der Waals surface area contributed by atoms with Gasteiger partial charge in [0.05, 0.1) is 0 Å². The van der Waals surface area contributed by atoms with E-state index in [4.69, 9.17) is 9.47 Å². The normalized spacial score (nSPS) is 8.47. The minimum atomic E-state index is -0.546. The Morgan fingerprint density at radius 3 is 1.41 bits per heavy atom. The molecule has 0 aliphatic heterocycles. The van der Waals surface area contributed by atoms with Gasteiger partial charge >= 0.3 is 11.9 Å². The maximum atomic E-state index is 10.9. The molecule has 93 valence electrons. The van der Waals surface area contributed by atoms with Crippen LogP contribution in [0.4, 0.5) is 0 Å². The van der Waals surface area contributed by atoms with Crippen LogP contribution in [0.25, 0.3) is 0 Å². The summed E-state index contributed by atoms with van der Waals surface area (Å²) in [6.07, 6.45) is 2.12. The second-order valence-electron chi connectivity index (χ2n) is 2.72. The minimum absolute atomic E-state index is 0. The SMILES string of the molecule is C=CC(=O)Oc1ccc(OC(=O)C=C)cc1.[Ag]. The summed E-state index contributed by atoms with van der Waals surface area (Å²) >= 11 is 0. The average Bonchev–Trinajstić information content (AvgIpc) is 2.31. The molecule has 0 aliphatic carbocycles. The average molecular weight is 326 g/mol. The third-order valence-corrected chi connectivity index (χ3v) is 1.59. The van der Waals surface area contributed by atoms with Crippen LogP contribution < -0.4 is 9.47 Å². The predicted molar refractivity (Wildman–Crippen MR) is 58.1 cm³/mol. The fourth-order valence-corrected chi connectivity index (χ4v) is 0.891. The number of benzene rings is 1. The first-order valence-corrected chi connectivity index (χ1v) is 4.44. The Morgan fingerprint density at radius 1 is 0.882 bits per heavy atom. The van der Waals surface area contributed by atoms with E-state index in [1.807, 2.05) is 0 Å². The number of carbonyl (C=O) groups is 2. The summed E-state index contributed by atoms with van der Waals surface area (Å²) in [5.74, 6) is -0.390. The van der Waals surface area contributed by atoms with Gasteiger partial charge in [0, 0.05) is 34.5 Å². The van der Waals surface area contributed by atoms with Crippen molar-refractivity contribution in [2.45, 2.75) is 0 Å². The fourth-order valence-electron chi connectivity index (χ4n) is 0.891. The summed E-state index contributed by atoms with van der Waals surface area (Å²) in [6, 6.07) is 6.03. The van der Waals surface area contributed by atoms with E-state index in [1.165, 1.54) is 24.3 Å².